The van der Waals surface area contributed by atoms with Crippen LogP contribution in [0.1, 0.15) is 39.2 Å². The average Bonchev–Trinajstić information content (AvgIpc) is 2.39. The van der Waals surface area contributed by atoms with Gasteiger partial charge in [-0.2, -0.15) is 4.31 Å². The van der Waals surface area contributed by atoms with E-state index in [0.717, 1.165) is 18.4 Å². The van der Waals surface area contributed by atoms with E-state index in [2.05, 4.69) is 0 Å². The van der Waals surface area contributed by atoms with Crippen LogP contribution < -0.4 is 5.73 Å². The number of hydrogen-bond acceptors (Lipinski definition) is 3. The Balaban J connectivity index is 3.30. The fourth-order valence-electron chi connectivity index (χ4n) is 2.26. The Morgan fingerprint density at radius 1 is 1.21 bits per heavy atom. The second-order valence-corrected chi connectivity index (χ2v) is 6.68. The van der Waals surface area contributed by atoms with Gasteiger partial charge >= 0.3 is 0 Å². The third-order valence-electron chi connectivity index (χ3n) is 3.59. The Morgan fingerprint density at radius 3 is 2.26 bits per heavy atom. The first-order valence-corrected chi connectivity index (χ1v) is 8.18. The van der Waals surface area contributed by atoms with E-state index in [1.165, 1.54) is 4.31 Å². The first kappa shape index (κ1) is 16.0. The summed E-state index contributed by atoms with van der Waals surface area (Å²) in [5, 5.41) is 0. The molecule has 0 unspecified atom stereocenters. The van der Waals surface area contributed by atoms with Crippen molar-refractivity contribution in [3.63, 3.8) is 0 Å². The number of aryl methyl sites for hydroxylation is 1. The molecule has 0 amide bonds. The summed E-state index contributed by atoms with van der Waals surface area (Å²) in [6, 6.07) is 5.13. The van der Waals surface area contributed by atoms with Crippen molar-refractivity contribution >= 4 is 15.7 Å². The summed E-state index contributed by atoms with van der Waals surface area (Å²) in [6.45, 7) is 5.95. The van der Waals surface area contributed by atoms with Crippen LogP contribution in [-0.4, -0.2) is 25.8 Å². The van der Waals surface area contributed by atoms with E-state index in [1.807, 2.05) is 20.8 Å². The van der Waals surface area contributed by atoms with Crippen LogP contribution in [0.25, 0.3) is 0 Å². The number of nitrogens with two attached hydrogens (primary N) is 1. The molecular formula is C14H24N2O2S. The highest BCUT2D eigenvalue weighted by Gasteiger charge is 2.27. The number of anilines is 1. The molecule has 0 heterocycles. The van der Waals surface area contributed by atoms with Gasteiger partial charge in [-0.15, -0.1) is 0 Å². The topological polar surface area (TPSA) is 63.4 Å². The average molecular weight is 284 g/mol. The first-order chi connectivity index (χ1) is 8.88. The minimum Gasteiger partial charge on any atom is -0.399 e. The second-order valence-electron chi connectivity index (χ2n) is 4.71. The molecule has 1 rings (SSSR count). The molecule has 19 heavy (non-hydrogen) atoms. The molecule has 108 valence electrons. The molecule has 0 radical (unpaired) electrons. The molecule has 1 aromatic carbocycles. The summed E-state index contributed by atoms with van der Waals surface area (Å²) in [5.41, 5.74) is 7.03. The first-order valence-electron chi connectivity index (χ1n) is 6.74. The van der Waals surface area contributed by atoms with Crippen LogP contribution in [-0.2, 0) is 16.4 Å². The summed E-state index contributed by atoms with van der Waals surface area (Å²) in [6.07, 6.45) is 2.28. The zero-order chi connectivity index (χ0) is 14.6. The van der Waals surface area contributed by atoms with E-state index in [0.29, 0.717) is 17.0 Å². The van der Waals surface area contributed by atoms with E-state index >= 15 is 0 Å². The SMILES string of the molecule is CCc1ccc(N)cc1S(=O)(=O)N(C)C(CC)CC. The molecule has 0 aliphatic heterocycles. The number of hydrogen-bond donors (Lipinski definition) is 1. The van der Waals surface area contributed by atoms with Crippen molar-refractivity contribution in [3.8, 4) is 0 Å². The molecule has 0 saturated carbocycles. The lowest BCUT2D eigenvalue weighted by molar-refractivity contribution is 0.349. The van der Waals surface area contributed by atoms with Crippen molar-refractivity contribution < 1.29 is 8.42 Å². The molecule has 0 saturated heterocycles. The molecule has 0 atom stereocenters. The molecule has 0 spiro atoms. The van der Waals surface area contributed by atoms with Crippen molar-refractivity contribution in [3.05, 3.63) is 23.8 Å². The highest BCUT2D eigenvalue weighted by Crippen LogP contribution is 2.25. The van der Waals surface area contributed by atoms with Crippen LogP contribution in [0.3, 0.4) is 0 Å². The monoisotopic (exact) mass is 284 g/mol. The lowest BCUT2D eigenvalue weighted by atomic mass is 10.1. The van der Waals surface area contributed by atoms with E-state index in [1.54, 1.807) is 25.2 Å². The number of nitrogen functional groups attached to an aromatic ring is 1. The third-order valence-corrected chi connectivity index (χ3v) is 5.58. The van der Waals surface area contributed by atoms with Gasteiger partial charge in [0.2, 0.25) is 10.0 Å². The highest BCUT2D eigenvalue weighted by atomic mass is 32.2. The Morgan fingerprint density at radius 2 is 1.79 bits per heavy atom. The molecule has 0 aliphatic rings. The lowest BCUT2D eigenvalue weighted by Crippen LogP contribution is -2.36. The van der Waals surface area contributed by atoms with E-state index in [-0.39, 0.29) is 6.04 Å². The molecule has 4 nitrogen and oxygen atoms in total. The van der Waals surface area contributed by atoms with Crippen molar-refractivity contribution in [2.24, 2.45) is 0 Å². The van der Waals surface area contributed by atoms with E-state index in [9.17, 15) is 8.42 Å². The maximum absolute atomic E-state index is 12.7. The van der Waals surface area contributed by atoms with Crippen molar-refractivity contribution in [2.75, 3.05) is 12.8 Å². The Hall–Kier alpha value is -1.07. The Kier molecular flexibility index (Phi) is 5.38. The van der Waals surface area contributed by atoms with Crippen LogP contribution in [0.2, 0.25) is 0 Å². The van der Waals surface area contributed by atoms with Crippen LogP contribution in [0.4, 0.5) is 5.69 Å². The zero-order valence-corrected chi connectivity index (χ0v) is 13.0. The van der Waals surface area contributed by atoms with Crippen molar-refractivity contribution in [2.45, 2.75) is 51.0 Å². The van der Waals surface area contributed by atoms with Crippen molar-refractivity contribution in [1.82, 2.24) is 4.31 Å². The van der Waals surface area contributed by atoms with E-state index in [4.69, 9.17) is 5.73 Å². The number of rotatable bonds is 6. The Labute approximate surface area is 116 Å². The van der Waals surface area contributed by atoms with E-state index < -0.39 is 10.0 Å². The van der Waals surface area contributed by atoms with Crippen LogP contribution in [0.5, 0.6) is 0 Å². The number of benzene rings is 1. The molecule has 2 N–H and O–H groups in total. The van der Waals surface area contributed by atoms with Gasteiger partial charge in [-0.1, -0.05) is 26.8 Å². The quantitative estimate of drug-likeness (QED) is 0.817. The van der Waals surface area contributed by atoms with Gasteiger partial charge in [-0.05, 0) is 37.0 Å². The molecule has 0 aromatic heterocycles. The van der Waals surface area contributed by atoms with Crippen molar-refractivity contribution in [1.29, 1.82) is 0 Å². The van der Waals surface area contributed by atoms with Gasteiger partial charge in [0, 0.05) is 18.8 Å². The molecule has 0 aliphatic carbocycles. The molecular weight excluding hydrogens is 260 g/mol. The highest BCUT2D eigenvalue weighted by molar-refractivity contribution is 7.89. The molecule has 0 fully saturated rings. The summed E-state index contributed by atoms with van der Waals surface area (Å²) in [4.78, 5) is 0.337. The largest absolute Gasteiger partial charge is 0.399 e. The van der Waals surface area contributed by atoms with Gasteiger partial charge in [0.15, 0.2) is 0 Å². The Bertz CT molecular complexity index is 522. The smallest absolute Gasteiger partial charge is 0.243 e. The fourth-order valence-corrected chi connectivity index (χ4v) is 4.09. The van der Waals surface area contributed by atoms with Gasteiger partial charge in [-0.3, -0.25) is 0 Å². The summed E-state index contributed by atoms with van der Waals surface area (Å²) >= 11 is 0. The normalized spacial score (nSPS) is 12.3. The predicted molar refractivity (Wildman–Crippen MR) is 79.6 cm³/mol. The van der Waals surface area contributed by atoms with Gasteiger partial charge in [0.25, 0.3) is 0 Å². The molecule has 0 bridgehead atoms. The predicted octanol–water partition coefficient (Wildman–Crippen LogP) is 2.64. The summed E-state index contributed by atoms with van der Waals surface area (Å²) in [7, 11) is -1.83. The number of nitrogens with zero attached hydrogens (tertiary/aromatic N) is 1. The van der Waals surface area contributed by atoms with Gasteiger partial charge in [0.1, 0.15) is 0 Å². The molecule has 1 aromatic rings. The van der Waals surface area contributed by atoms with Gasteiger partial charge in [-0.25, -0.2) is 8.42 Å². The van der Waals surface area contributed by atoms with Gasteiger partial charge in [0.05, 0.1) is 4.90 Å². The number of sulfonamides is 1. The van der Waals surface area contributed by atoms with Crippen LogP contribution in [0.15, 0.2) is 23.1 Å². The van der Waals surface area contributed by atoms with Gasteiger partial charge < -0.3 is 5.73 Å². The zero-order valence-electron chi connectivity index (χ0n) is 12.2. The minimum atomic E-state index is -3.47. The summed E-state index contributed by atoms with van der Waals surface area (Å²) < 4.78 is 26.9. The fraction of sp³-hybridized carbons (Fsp3) is 0.571. The lowest BCUT2D eigenvalue weighted by Gasteiger charge is -2.26. The minimum absolute atomic E-state index is 0.0242. The maximum atomic E-state index is 12.7. The van der Waals surface area contributed by atoms with Crippen LogP contribution in [0, 0.1) is 0 Å². The standard InChI is InChI=1S/C14H24N2O2S/c1-5-11-8-9-12(15)10-14(11)19(17,18)16(4)13(6-2)7-3/h8-10,13H,5-7,15H2,1-4H3. The third kappa shape index (κ3) is 3.28. The molecule has 5 heteroatoms. The summed E-state index contributed by atoms with van der Waals surface area (Å²) in [5.74, 6) is 0. The second kappa shape index (κ2) is 6.39. The van der Waals surface area contributed by atoms with Crippen LogP contribution >= 0.6 is 0 Å². The maximum Gasteiger partial charge on any atom is 0.243 e.